The van der Waals surface area contributed by atoms with Crippen molar-refractivity contribution >= 4 is 34.4 Å². The van der Waals surface area contributed by atoms with Crippen LogP contribution in [-0.4, -0.2) is 33.0 Å². The number of hydrogen-bond donors (Lipinski definition) is 1. The molecule has 1 aliphatic heterocycles. The first kappa shape index (κ1) is 9.59. The number of alkyl halides is 1. The zero-order chi connectivity index (χ0) is 11.1. The van der Waals surface area contributed by atoms with Crippen molar-refractivity contribution in [3.05, 3.63) is 18.3 Å². The van der Waals surface area contributed by atoms with E-state index in [0.717, 1.165) is 5.39 Å². The SMILES string of the molecule is O=C1CC(Cl)CN1c1n[nH]c2ncccc12. The smallest absolute Gasteiger partial charge is 0.229 e. The number of amides is 1. The van der Waals surface area contributed by atoms with Gasteiger partial charge in [-0.2, -0.15) is 5.10 Å². The molecule has 0 aliphatic carbocycles. The maximum atomic E-state index is 11.7. The van der Waals surface area contributed by atoms with Crippen molar-refractivity contribution in [3.63, 3.8) is 0 Å². The van der Waals surface area contributed by atoms with E-state index in [9.17, 15) is 4.79 Å². The molecule has 1 fully saturated rings. The fourth-order valence-corrected chi connectivity index (χ4v) is 2.19. The number of H-pyrrole nitrogens is 1. The second-order valence-corrected chi connectivity index (χ2v) is 4.37. The average Bonchev–Trinajstić information content (AvgIpc) is 2.81. The summed E-state index contributed by atoms with van der Waals surface area (Å²) in [4.78, 5) is 17.4. The number of aromatic amines is 1. The van der Waals surface area contributed by atoms with Gasteiger partial charge in [-0.1, -0.05) is 0 Å². The number of fused-ring (bicyclic) bond motifs is 1. The summed E-state index contributed by atoms with van der Waals surface area (Å²) in [6, 6.07) is 3.70. The van der Waals surface area contributed by atoms with Gasteiger partial charge in [0.1, 0.15) is 0 Å². The summed E-state index contributed by atoms with van der Waals surface area (Å²) >= 11 is 5.95. The van der Waals surface area contributed by atoms with Crippen molar-refractivity contribution in [2.24, 2.45) is 0 Å². The van der Waals surface area contributed by atoms with Gasteiger partial charge in [0, 0.05) is 19.2 Å². The van der Waals surface area contributed by atoms with Gasteiger partial charge in [0.05, 0.1) is 10.8 Å². The summed E-state index contributed by atoms with van der Waals surface area (Å²) in [6.45, 7) is 0.509. The van der Waals surface area contributed by atoms with Crippen LogP contribution in [0.25, 0.3) is 11.0 Å². The topological polar surface area (TPSA) is 61.9 Å². The van der Waals surface area contributed by atoms with Crippen molar-refractivity contribution in [1.82, 2.24) is 15.2 Å². The van der Waals surface area contributed by atoms with E-state index in [0.29, 0.717) is 24.4 Å². The lowest BCUT2D eigenvalue weighted by Gasteiger charge is -2.12. The Kier molecular flexibility index (Phi) is 2.07. The Hall–Kier alpha value is -1.62. The minimum Gasteiger partial charge on any atom is -0.293 e. The van der Waals surface area contributed by atoms with Gasteiger partial charge in [0.2, 0.25) is 5.91 Å². The van der Waals surface area contributed by atoms with E-state index in [1.165, 1.54) is 0 Å². The normalized spacial score (nSPS) is 20.9. The zero-order valence-electron chi connectivity index (χ0n) is 8.35. The largest absolute Gasteiger partial charge is 0.293 e. The zero-order valence-corrected chi connectivity index (χ0v) is 9.11. The summed E-state index contributed by atoms with van der Waals surface area (Å²) in [5.41, 5.74) is 0.684. The van der Waals surface area contributed by atoms with Gasteiger partial charge in [0.25, 0.3) is 0 Å². The molecule has 2 aromatic rings. The van der Waals surface area contributed by atoms with E-state index < -0.39 is 0 Å². The molecule has 1 unspecified atom stereocenters. The number of hydrogen-bond acceptors (Lipinski definition) is 3. The summed E-state index contributed by atoms with van der Waals surface area (Å²) in [5.74, 6) is 0.633. The monoisotopic (exact) mass is 236 g/mol. The van der Waals surface area contributed by atoms with Crippen LogP contribution in [0, 0.1) is 0 Å². The molecular weight excluding hydrogens is 228 g/mol. The Morgan fingerprint density at radius 3 is 3.19 bits per heavy atom. The Balaban J connectivity index is 2.09. The molecule has 1 N–H and O–H groups in total. The fourth-order valence-electron chi connectivity index (χ4n) is 1.92. The molecule has 1 saturated heterocycles. The van der Waals surface area contributed by atoms with Crippen molar-refractivity contribution in [2.75, 3.05) is 11.4 Å². The van der Waals surface area contributed by atoms with E-state index in [4.69, 9.17) is 11.6 Å². The maximum absolute atomic E-state index is 11.7. The molecule has 5 nitrogen and oxygen atoms in total. The molecule has 0 bridgehead atoms. The average molecular weight is 237 g/mol. The van der Waals surface area contributed by atoms with Gasteiger partial charge in [0.15, 0.2) is 11.5 Å². The minimum atomic E-state index is -0.129. The van der Waals surface area contributed by atoms with E-state index in [1.54, 1.807) is 11.1 Å². The first-order valence-corrected chi connectivity index (χ1v) is 5.43. The van der Waals surface area contributed by atoms with Crippen LogP contribution in [0.15, 0.2) is 18.3 Å². The number of nitrogens with one attached hydrogen (secondary N) is 1. The number of anilines is 1. The predicted octanol–water partition coefficient (Wildman–Crippen LogP) is 1.30. The van der Waals surface area contributed by atoms with Gasteiger partial charge in [-0.25, -0.2) is 4.98 Å². The van der Waals surface area contributed by atoms with Crippen LogP contribution in [0.3, 0.4) is 0 Å². The quantitative estimate of drug-likeness (QED) is 0.760. The molecule has 0 saturated carbocycles. The van der Waals surface area contributed by atoms with Crippen LogP contribution in [0.5, 0.6) is 0 Å². The highest BCUT2D eigenvalue weighted by Gasteiger charge is 2.31. The Morgan fingerprint density at radius 2 is 2.44 bits per heavy atom. The van der Waals surface area contributed by atoms with Crippen molar-refractivity contribution in [3.8, 4) is 0 Å². The fraction of sp³-hybridized carbons (Fsp3) is 0.300. The molecule has 0 spiro atoms. The van der Waals surface area contributed by atoms with Crippen LogP contribution < -0.4 is 4.90 Å². The lowest BCUT2D eigenvalue weighted by Crippen LogP contribution is -2.25. The molecule has 2 aromatic heterocycles. The number of aromatic nitrogens is 3. The molecule has 0 radical (unpaired) electrons. The molecule has 1 aliphatic rings. The first-order chi connectivity index (χ1) is 7.75. The third-order valence-corrected chi connectivity index (χ3v) is 2.94. The molecule has 1 atom stereocenters. The van der Waals surface area contributed by atoms with Crippen LogP contribution in [-0.2, 0) is 4.79 Å². The molecule has 1 amide bonds. The molecule has 16 heavy (non-hydrogen) atoms. The second kappa shape index (κ2) is 3.45. The first-order valence-electron chi connectivity index (χ1n) is 4.99. The number of carbonyl (C=O) groups excluding carboxylic acids is 1. The number of rotatable bonds is 1. The van der Waals surface area contributed by atoms with E-state index in [-0.39, 0.29) is 11.3 Å². The highest BCUT2D eigenvalue weighted by Crippen LogP contribution is 2.27. The van der Waals surface area contributed by atoms with E-state index in [1.807, 2.05) is 12.1 Å². The predicted molar refractivity (Wildman–Crippen MR) is 60.5 cm³/mol. The number of nitrogens with zero attached hydrogens (tertiary/aromatic N) is 3. The third-order valence-electron chi connectivity index (χ3n) is 2.65. The minimum absolute atomic E-state index is 0.0113. The highest BCUT2D eigenvalue weighted by atomic mass is 35.5. The van der Waals surface area contributed by atoms with E-state index >= 15 is 0 Å². The highest BCUT2D eigenvalue weighted by molar-refractivity contribution is 6.24. The summed E-state index contributed by atoms with van der Waals surface area (Å²) in [7, 11) is 0. The molecular formula is C10H9ClN4O. The van der Waals surface area contributed by atoms with Crippen molar-refractivity contribution in [1.29, 1.82) is 0 Å². The van der Waals surface area contributed by atoms with Crippen LogP contribution in [0.4, 0.5) is 5.82 Å². The molecule has 6 heteroatoms. The van der Waals surface area contributed by atoms with Crippen LogP contribution in [0.2, 0.25) is 0 Å². The number of carbonyl (C=O) groups is 1. The number of halogens is 1. The summed E-state index contributed by atoms with van der Waals surface area (Å²) in [5, 5.41) is 7.64. The van der Waals surface area contributed by atoms with Gasteiger partial charge >= 0.3 is 0 Å². The lowest BCUT2D eigenvalue weighted by molar-refractivity contribution is -0.117. The molecule has 0 aromatic carbocycles. The standard InChI is InChI=1S/C10H9ClN4O/c11-6-4-8(16)15(5-6)10-7-2-1-3-12-9(7)13-14-10/h1-3,6H,4-5H2,(H,12,13,14). The van der Waals surface area contributed by atoms with Crippen LogP contribution in [0.1, 0.15) is 6.42 Å². The molecule has 3 rings (SSSR count). The van der Waals surface area contributed by atoms with Crippen molar-refractivity contribution in [2.45, 2.75) is 11.8 Å². The summed E-state index contributed by atoms with van der Waals surface area (Å²) < 4.78 is 0. The molecule has 82 valence electrons. The Labute approximate surface area is 96.4 Å². The molecule has 3 heterocycles. The Morgan fingerprint density at radius 1 is 1.56 bits per heavy atom. The van der Waals surface area contributed by atoms with Gasteiger partial charge < -0.3 is 0 Å². The van der Waals surface area contributed by atoms with Gasteiger partial charge in [-0.3, -0.25) is 14.8 Å². The lowest BCUT2D eigenvalue weighted by atomic mass is 10.3. The van der Waals surface area contributed by atoms with Gasteiger partial charge in [-0.15, -0.1) is 11.6 Å². The summed E-state index contributed by atoms with van der Waals surface area (Å²) in [6.07, 6.45) is 2.05. The van der Waals surface area contributed by atoms with Gasteiger partial charge in [-0.05, 0) is 12.1 Å². The van der Waals surface area contributed by atoms with Crippen molar-refractivity contribution < 1.29 is 4.79 Å². The number of pyridine rings is 1. The Bertz CT molecular complexity index is 552. The van der Waals surface area contributed by atoms with Crippen LogP contribution >= 0.6 is 11.6 Å². The second-order valence-electron chi connectivity index (χ2n) is 3.75. The van der Waals surface area contributed by atoms with E-state index in [2.05, 4.69) is 15.2 Å². The third kappa shape index (κ3) is 1.36. The maximum Gasteiger partial charge on any atom is 0.229 e.